The second-order valence-electron chi connectivity index (χ2n) is 5.00. The molecule has 0 radical (unpaired) electrons. The van der Waals surface area contributed by atoms with E-state index < -0.39 is 0 Å². The molecule has 0 aliphatic carbocycles. The van der Waals surface area contributed by atoms with Crippen LogP contribution < -0.4 is 4.74 Å². The lowest BCUT2D eigenvalue weighted by molar-refractivity contribution is 0.335. The number of aryl methyl sites for hydroxylation is 1. The Morgan fingerprint density at radius 1 is 1.10 bits per heavy atom. The molecule has 0 saturated carbocycles. The molecular formula is C19H23NO. The molecule has 0 unspecified atom stereocenters. The average molecular weight is 281 g/mol. The molecule has 21 heavy (non-hydrogen) atoms. The first-order chi connectivity index (χ1) is 10.3. The van der Waals surface area contributed by atoms with Crippen LogP contribution in [0.5, 0.6) is 5.75 Å². The van der Waals surface area contributed by atoms with Gasteiger partial charge >= 0.3 is 0 Å². The van der Waals surface area contributed by atoms with E-state index in [1.54, 1.807) is 0 Å². The normalized spacial score (nSPS) is 11.0. The molecule has 0 bridgehead atoms. The van der Waals surface area contributed by atoms with Gasteiger partial charge in [-0.05, 0) is 31.4 Å². The van der Waals surface area contributed by atoms with Gasteiger partial charge in [-0.1, -0.05) is 49.8 Å². The van der Waals surface area contributed by atoms with Crippen LogP contribution in [-0.4, -0.2) is 11.6 Å². The van der Waals surface area contributed by atoms with Crippen LogP contribution in [0.3, 0.4) is 0 Å². The molecule has 0 spiro atoms. The zero-order valence-corrected chi connectivity index (χ0v) is 12.9. The van der Waals surface area contributed by atoms with Gasteiger partial charge in [-0.15, -0.1) is 0 Å². The Bertz CT molecular complexity index is 575. The quantitative estimate of drug-likeness (QED) is 0.713. The van der Waals surface area contributed by atoms with E-state index in [1.165, 1.54) is 24.0 Å². The summed E-state index contributed by atoms with van der Waals surface area (Å²) in [6, 6.07) is 12.3. The van der Waals surface area contributed by atoms with Crippen molar-refractivity contribution < 1.29 is 4.74 Å². The third-order valence-corrected chi connectivity index (χ3v) is 3.31. The van der Waals surface area contributed by atoms with Crippen molar-refractivity contribution >= 4 is 12.2 Å². The Labute approximate surface area is 127 Å². The molecule has 2 rings (SSSR count). The minimum atomic E-state index is 0.685. The number of nitrogens with zero attached hydrogens (tertiary/aromatic N) is 1. The summed E-state index contributed by atoms with van der Waals surface area (Å²) < 4.78 is 5.75. The number of hydrogen-bond donors (Lipinski definition) is 0. The number of pyridine rings is 1. The first-order valence-electron chi connectivity index (χ1n) is 7.68. The minimum Gasteiger partial charge on any atom is -0.493 e. The molecule has 1 aromatic heterocycles. The molecule has 0 atom stereocenters. The molecular weight excluding hydrogens is 258 g/mol. The van der Waals surface area contributed by atoms with Crippen molar-refractivity contribution in [1.82, 2.24) is 4.98 Å². The highest BCUT2D eigenvalue weighted by Gasteiger charge is 2.05. The number of aromatic nitrogens is 1. The van der Waals surface area contributed by atoms with Crippen molar-refractivity contribution in [3.8, 4) is 5.75 Å². The molecule has 1 aromatic carbocycles. The van der Waals surface area contributed by atoms with Crippen molar-refractivity contribution in [2.75, 3.05) is 6.61 Å². The van der Waals surface area contributed by atoms with E-state index in [0.717, 1.165) is 17.9 Å². The van der Waals surface area contributed by atoms with E-state index in [1.807, 2.05) is 43.5 Å². The van der Waals surface area contributed by atoms with Crippen LogP contribution in [0, 0.1) is 0 Å². The maximum absolute atomic E-state index is 5.75. The first kappa shape index (κ1) is 15.3. The highest BCUT2D eigenvalue weighted by Crippen LogP contribution is 2.22. The van der Waals surface area contributed by atoms with Gasteiger partial charge in [-0.3, -0.25) is 4.98 Å². The van der Waals surface area contributed by atoms with Gasteiger partial charge in [-0.25, -0.2) is 0 Å². The number of hydrogen-bond acceptors (Lipinski definition) is 2. The molecule has 0 saturated heterocycles. The fourth-order valence-corrected chi connectivity index (χ4v) is 2.16. The summed E-state index contributed by atoms with van der Waals surface area (Å²) in [4.78, 5) is 4.52. The lowest BCUT2D eigenvalue weighted by Crippen LogP contribution is -1.99. The lowest BCUT2D eigenvalue weighted by atomic mass is 10.1. The van der Waals surface area contributed by atoms with Gasteiger partial charge in [0.25, 0.3) is 0 Å². The third-order valence-electron chi connectivity index (χ3n) is 3.31. The van der Waals surface area contributed by atoms with E-state index in [0.29, 0.717) is 6.61 Å². The van der Waals surface area contributed by atoms with E-state index in [9.17, 15) is 0 Å². The molecule has 0 N–H and O–H groups in total. The Morgan fingerprint density at radius 3 is 2.62 bits per heavy atom. The number of rotatable bonds is 7. The zero-order chi connectivity index (χ0) is 14.9. The summed E-state index contributed by atoms with van der Waals surface area (Å²) >= 11 is 0. The fourth-order valence-electron chi connectivity index (χ4n) is 2.16. The van der Waals surface area contributed by atoms with Gasteiger partial charge in [0.15, 0.2) is 0 Å². The van der Waals surface area contributed by atoms with Gasteiger partial charge in [0.1, 0.15) is 5.75 Å². The van der Waals surface area contributed by atoms with Crippen molar-refractivity contribution in [3.05, 3.63) is 59.4 Å². The van der Waals surface area contributed by atoms with E-state index in [2.05, 4.69) is 30.1 Å². The summed E-state index contributed by atoms with van der Waals surface area (Å²) in [6.07, 6.45) is 9.43. The van der Waals surface area contributed by atoms with Gasteiger partial charge in [0, 0.05) is 17.8 Å². The molecule has 2 heteroatoms. The van der Waals surface area contributed by atoms with Crippen molar-refractivity contribution in [2.45, 2.75) is 33.1 Å². The Balaban J connectivity index is 2.17. The number of benzene rings is 1. The van der Waals surface area contributed by atoms with E-state index in [4.69, 9.17) is 4.74 Å². The Morgan fingerprint density at radius 2 is 1.90 bits per heavy atom. The minimum absolute atomic E-state index is 0.685. The second kappa shape index (κ2) is 8.25. The molecule has 0 aliphatic heterocycles. The monoisotopic (exact) mass is 281 g/mol. The first-order valence-corrected chi connectivity index (χ1v) is 7.68. The van der Waals surface area contributed by atoms with Crippen LogP contribution >= 0.6 is 0 Å². The van der Waals surface area contributed by atoms with E-state index >= 15 is 0 Å². The predicted octanol–water partition coefficient (Wildman–Crippen LogP) is 4.99. The number of ether oxygens (including phenoxy) is 1. The predicted molar refractivity (Wildman–Crippen MR) is 89.4 cm³/mol. The van der Waals surface area contributed by atoms with Crippen LogP contribution in [0.25, 0.3) is 12.2 Å². The van der Waals surface area contributed by atoms with Gasteiger partial charge < -0.3 is 4.74 Å². The summed E-state index contributed by atoms with van der Waals surface area (Å²) in [7, 11) is 0. The van der Waals surface area contributed by atoms with Crippen molar-refractivity contribution in [2.24, 2.45) is 0 Å². The van der Waals surface area contributed by atoms with Crippen LogP contribution in [0.4, 0.5) is 0 Å². The standard InChI is InChI=1S/C19H23NO/c1-3-5-11-17-15-20-18(14-19(17)21-4-2)13-12-16-9-7-6-8-10-16/h6-10,12-15H,3-5,11H2,1-2H3. The fraction of sp³-hybridized carbons (Fsp3) is 0.316. The van der Waals surface area contributed by atoms with Gasteiger partial charge in [0.05, 0.1) is 12.3 Å². The lowest BCUT2D eigenvalue weighted by Gasteiger charge is -2.10. The zero-order valence-electron chi connectivity index (χ0n) is 12.9. The SMILES string of the molecule is CCCCc1cnc(C=Cc2ccccc2)cc1OCC. The second-order valence-corrected chi connectivity index (χ2v) is 5.00. The maximum atomic E-state index is 5.75. The topological polar surface area (TPSA) is 22.1 Å². The molecule has 2 aromatic rings. The number of unbranched alkanes of at least 4 members (excludes halogenated alkanes) is 1. The van der Waals surface area contributed by atoms with E-state index in [-0.39, 0.29) is 0 Å². The largest absolute Gasteiger partial charge is 0.493 e. The van der Waals surface area contributed by atoms with Crippen LogP contribution in [-0.2, 0) is 6.42 Å². The van der Waals surface area contributed by atoms with Crippen molar-refractivity contribution in [3.63, 3.8) is 0 Å². The molecule has 1 heterocycles. The third kappa shape index (κ3) is 4.75. The Kier molecular flexibility index (Phi) is 6.01. The van der Waals surface area contributed by atoms with Gasteiger partial charge in [-0.2, -0.15) is 0 Å². The van der Waals surface area contributed by atoms with Gasteiger partial charge in [0.2, 0.25) is 0 Å². The molecule has 0 aliphatic rings. The summed E-state index contributed by atoms with van der Waals surface area (Å²) in [6.45, 7) is 4.90. The molecule has 2 nitrogen and oxygen atoms in total. The highest BCUT2D eigenvalue weighted by atomic mass is 16.5. The summed E-state index contributed by atoms with van der Waals surface area (Å²) in [5, 5.41) is 0. The Hall–Kier alpha value is -2.09. The molecule has 0 fully saturated rings. The molecule has 0 amide bonds. The highest BCUT2D eigenvalue weighted by molar-refractivity contribution is 5.68. The molecule has 110 valence electrons. The van der Waals surface area contributed by atoms with Crippen LogP contribution in [0.1, 0.15) is 43.5 Å². The van der Waals surface area contributed by atoms with Crippen molar-refractivity contribution in [1.29, 1.82) is 0 Å². The average Bonchev–Trinajstić information content (AvgIpc) is 2.53. The smallest absolute Gasteiger partial charge is 0.126 e. The van der Waals surface area contributed by atoms with Crippen LogP contribution in [0.2, 0.25) is 0 Å². The maximum Gasteiger partial charge on any atom is 0.126 e. The van der Waals surface area contributed by atoms with Crippen LogP contribution in [0.15, 0.2) is 42.6 Å². The summed E-state index contributed by atoms with van der Waals surface area (Å²) in [5.74, 6) is 0.966. The summed E-state index contributed by atoms with van der Waals surface area (Å²) in [5.41, 5.74) is 3.31.